The lowest BCUT2D eigenvalue weighted by atomic mass is 10.1. The Kier molecular flexibility index (Phi) is 3.74. The fourth-order valence-electron chi connectivity index (χ4n) is 2.94. The monoisotopic (exact) mass is 271 g/mol. The molecule has 106 valence electrons. The van der Waals surface area contributed by atoms with Crippen molar-refractivity contribution in [3.05, 3.63) is 40.7 Å². The lowest BCUT2D eigenvalue weighted by Gasteiger charge is -2.14. The quantitative estimate of drug-likeness (QED) is 0.895. The van der Waals surface area contributed by atoms with Crippen LogP contribution in [0.15, 0.2) is 35.1 Å². The van der Waals surface area contributed by atoms with Gasteiger partial charge in [0.25, 0.3) is 5.56 Å². The van der Waals surface area contributed by atoms with E-state index in [1.807, 2.05) is 25.2 Å². The summed E-state index contributed by atoms with van der Waals surface area (Å²) in [6, 6.07) is 10.3. The van der Waals surface area contributed by atoms with E-state index in [1.54, 1.807) is 10.6 Å². The van der Waals surface area contributed by atoms with Crippen molar-refractivity contribution in [1.82, 2.24) is 9.88 Å². The number of nitrogens with one attached hydrogen (secondary N) is 2. The molecule has 4 nitrogen and oxygen atoms in total. The van der Waals surface area contributed by atoms with Crippen LogP contribution in [0.4, 0.5) is 5.69 Å². The largest absolute Gasteiger partial charge is 0.384 e. The third-order valence-electron chi connectivity index (χ3n) is 4.12. The molecule has 1 atom stereocenters. The summed E-state index contributed by atoms with van der Waals surface area (Å²) < 4.78 is 1.69. The van der Waals surface area contributed by atoms with E-state index >= 15 is 0 Å². The van der Waals surface area contributed by atoms with Gasteiger partial charge in [0.1, 0.15) is 0 Å². The van der Waals surface area contributed by atoms with Crippen LogP contribution in [0.1, 0.15) is 19.3 Å². The maximum absolute atomic E-state index is 12.0. The summed E-state index contributed by atoms with van der Waals surface area (Å²) >= 11 is 0. The van der Waals surface area contributed by atoms with Gasteiger partial charge in [0, 0.05) is 36.8 Å². The van der Waals surface area contributed by atoms with E-state index in [2.05, 4.69) is 16.7 Å². The molecule has 0 aliphatic carbocycles. The van der Waals surface area contributed by atoms with E-state index in [0.29, 0.717) is 6.04 Å². The molecule has 1 aliphatic rings. The van der Waals surface area contributed by atoms with Crippen molar-refractivity contribution in [3.63, 3.8) is 0 Å². The average molecular weight is 271 g/mol. The predicted molar refractivity (Wildman–Crippen MR) is 83.3 cm³/mol. The molecule has 0 saturated carbocycles. The maximum Gasteiger partial charge on any atom is 0.252 e. The zero-order chi connectivity index (χ0) is 13.9. The minimum atomic E-state index is 0.0326. The fourth-order valence-corrected chi connectivity index (χ4v) is 2.94. The van der Waals surface area contributed by atoms with Gasteiger partial charge in [0.05, 0.1) is 5.52 Å². The molecule has 1 aliphatic heterocycles. The predicted octanol–water partition coefficient (Wildman–Crippen LogP) is 2.09. The van der Waals surface area contributed by atoms with E-state index in [9.17, 15) is 4.79 Å². The van der Waals surface area contributed by atoms with E-state index in [0.717, 1.165) is 36.1 Å². The Labute approximate surface area is 118 Å². The third-order valence-corrected chi connectivity index (χ3v) is 4.12. The molecule has 2 aromatic rings. The summed E-state index contributed by atoms with van der Waals surface area (Å²) in [5.74, 6) is 0. The van der Waals surface area contributed by atoms with Crippen molar-refractivity contribution in [1.29, 1.82) is 0 Å². The number of para-hydroxylation sites is 1. The molecule has 0 radical (unpaired) electrons. The van der Waals surface area contributed by atoms with Crippen molar-refractivity contribution in [2.24, 2.45) is 7.05 Å². The number of aromatic nitrogens is 1. The average Bonchev–Trinajstić information content (AvgIpc) is 2.97. The second-order valence-corrected chi connectivity index (χ2v) is 5.48. The smallest absolute Gasteiger partial charge is 0.252 e. The molecule has 1 unspecified atom stereocenters. The number of benzene rings is 1. The molecule has 1 aromatic heterocycles. The normalized spacial score (nSPS) is 18.6. The van der Waals surface area contributed by atoms with Gasteiger partial charge in [0.15, 0.2) is 0 Å². The van der Waals surface area contributed by atoms with Gasteiger partial charge in [-0.25, -0.2) is 0 Å². The molecule has 2 N–H and O–H groups in total. The Morgan fingerprint density at radius 2 is 2.25 bits per heavy atom. The minimum Gasteiger partial charge on any atom is -0.384 e. The third kappa shape index (κ3) is 2.56. The van der Waals surface area contributed by atoms with Crippen LogP contribution in [0.3, 0.4) is 0 Å². The van der Waals surface area contributed by atoms with Gasteiger partial charge in [-0.2, -0.15) is 0 Å². The van der Waals surface area contributed by atoms with Crippen molar-refractivity contribution in [2.45, 2.75) is 25.3 Å². The highest BCUT2D eigenvalue weighted by molar-refractivity contribution is 5.91. The van der Waals surface area contributed by atoms with Gasteiger partial charge >= 0.3 is 0 Å². The maximum atomic E-state index is 12.0. The van der Waals surface area contributed by atoms with Crippen LogP contribution in [0.25, 0.3) is 10.9 Å². The van der Waals surface area contributed by atoms with Crippen LogP contribution in [-0.4, -0.2) is 23.7 Å². The molecule has 0 amide bonds. The SMILES string of the molecule is Cn1c(=O)cc(NCCC2CCCN2)c2ccccc21. The van der Waals surface area contributed by atoms with Crippen LogP contribution in [-0.2, 0) is 7.05 Å². The molecule has 0 spiro atoms. The number of pyridine rings is 1. The molecule has 3 rings (SSSR count). The summed E-state index contributed by atoms with van der Waals surface area (Å²) in [4.78, 5) is 12.0. The van der Waals surface area contributed by atoms with Gasteiger partial charge in [-0.05, 0) is 31.9 Å². The summed E-state index contributed by atoms with van der Waals surface area (Å²) in [7, 11) is 1.82. The van der Waals surface area contributed by atoms with Gasteiger partial charge < -0.3 is 15.2 Å². The summed E-state index contributed by atoms with van der Waals surface area (Å²) in [5.41, 5.74) is 1.95. The molecule has 20 heavy (non-hydrogen) atoms. The topological polar surface area (TPSA) is 46.1 Å². The van der Waals surface area contributed by atoms with Crippen LogP contribution >= 0.6 is 0 Å². The second kappa shape index (κ2) is 5.67. The van der Waals surface area contributed by atoms with Crippen molar-refractivity contribution in [2.75, 3.05) is 18.4 Å². The molecule has 1 saturated heterocycles. The molecule has 1 aromatic carbocycles. The zero-order valence-corrected chi connectivity index (χ0v) is 11.9. The number of hydrogen-bond acceptors (Lipinski definition) is 3. The Morgan fingerprint density at radius 1 is 1.40 bits per heavy atom. The zero-order valence-electron chi connectivity index (χ0n) is 11.9. The highest BCUT2D eigenvalue weighted by atomic mass is 16.1. The second-order valence-electron chi connectivity index (χ2n) is 5.48. The van der Waals surface area contributed by atoms with Crippen LogP contribution < -0.4 is 16.2 Å². The number of fused-ring (bicyclic) bond motifs is 1. The molecular formula is C16H21N3O. The number of hydrogen-bond donors (Lipinski definition) is 2. The first-order chi connectivity index (χ1) is 9.75. The lowest BCUT2D eigenvalue weighted by molar-refractivity contribution is 0.574. The first kappa shape index (κ1) is 13.2. The minimum absolute atomic E-state index is 0.0326. The van der Waals surface area contributed by atoms with Crippen molar-refractivity contribution >= 4 is 16.6 Å². The summed E-state index contributed by atoms with van der Waals surface area (Å²) in [5, 5.41) is 8.03. The van der Waals surface area contributed by atoms with Gasteiger partial charge in [-0.15, -0.1) is 0 Å². The molecule has 0 bridgehead atoms. The molecule has 1 fully saturated rings. The summed E-state index contributed by atoms with van der Waals surface area (Å²) in [6.45, 7) is 2.04. The number of anilines is 1. The summed E-state index contributed by atoms with van der Waals surface area (Å²) in [6.07, 6.45) is 3.64. The standard InChI is InChI=1S/C16H21N3O/c1-19-15-7-3-2-6-13(15)14(11-16(19)20)18-10-8-12-5-4-9-17-12/h2-3,6-7,11-12,17-18H,4-5,8-10H2,1H3. The highest BCUT2D eigenvalue weighted by Gasteiger charge is 2.13. The number of nitrogens with zero attached hydrogens (tertiary/aromatic N) is 1. The Hall–Kier alpha value is -1.81. The molecular weight excluding hydrogens is 250 g/mol. The van der Waals surface area contributed by atoms with Crippen molar-refractivity contribution in [3.8, 4) is 0 Å². The van der Waals surface area contributed by atoms with Crippen molar-refractivity contribution < 1.29 is 0 Å². The van der Waals surface area contributed by atoms with Crippen LogP contribution in [0.2, 0.25) is 0 Å². The van der Waals surface area contributed by atoms with Gasteiger partial charge in [-0.3, -0.25) is 4.79 Å². The molecule has 4 heteroatoms. The first-order valence-electron chi connectivity index (χ1n) is 7.32. The Balaban J connectivity index is 1.80. The lowest BCUT2D eigenvalue weighted by Crippen LogP contribution is -2.24. The highest BCUT2D eigenvalue weighted by Crippen LogP contribution is 2.21. The van der Waals surface area contributed by atoms with Crippen LogP contribution in [0.5, 0.6) is 0 Å². The fraction of sp³-hybridized carbons (Fsp3) is 0.438. The van der Waals surface area contributed by atoms with E-state index in [-0.39, 0.29) is 5.56 Å². The van der Waals surface area contributed by atoms with Crippen LogP contribution in [0, 0.1) is 0 Å². The Morgan fingerprint density at radius 3 is 3.05 bits per heavy atom. The number of rotatable bonds is 4. The molecule has 2 heterocycles. The Bertz CT molecular complexity index is 656. The van der Waals surface area contributed by atoms with Gasteiger partial charge in [-0.1, -0.05) is 18.2 Å². The van der Waals surface area contributed by atoms with E-state index in [4.69, 9.17) is 0 Å². The van der Waals surface area contributed by atoms with E-state index < -0.39 is 0 Å². The van der Waals surface area contributed by atoms with E-state index in [1.165, 1.54) is 12.8 Å². The number of aryl methyl sites for hydroxylation is 1. The van der Waals surface area contributed by atoms with Gasteiger partial charge in [0.2, 0.25) is 0 Å². The first-order valence-corrected chi connectivity index (χ1v) is 7.32.